The molecule has 1 aliphatic heterocycles. The topological polar surface area (TPSA) is 29.1 Å². The smallest absolute Gasteiger partial charge is 0.304 e. The number of carbonyl (C=O) groups excluding carboxylic acids is 1. The summed E-state index contributed by atoms with van der Waals surface area (Å²) in [5.74, 6) is -1.40. The predicted octanol–water partition coefficient (Wildman–Crippen LogP) is 1.56. The highest BCUT2D eigenvalue weighted by Gasteiger charge is 2.43. The van der Waals surface area contributed by atoms with E-state index in [1.807, 2.05) is 0 Å². The van der Waals surface area contributed by atoms with Crippen molar-refractivity contribution in [3.63, 3.8) is 0 Å². The number of amides is 1. The summed E-state index contributed by atoms with van der Waals surface area (Å²) in [6.07, 6.45) is 1.03. The van der Waals surface area contributed by atoms with Crippen molar-refractivity contribution in [2.75, 3.05) is 13.1 Å². The maximum absolute atomic E-state index is 12.6. The lowest BCUT2D eigenvalue weighted by atomic mass is 9.98. The van der Waals surface area contributed by atoms with E-state index in [0.717, 1.165) is 0 Å². The van der Waals surface area contributed by atoms with Crippen LogP contribution in [-0.4, -0.2) is 34.8 Å². The molecule has 2 rings (SSSR count). The van der Waals surface area contributed by atoms with Gasteiger partial charge >= 0.3 is 12.2 Å². The third-order valence-electron chi connectivity index (χ3n) is 3.14. The first-order chi connectivity index (χ1) is 8.38. The molecule has 0 spiro atoms. The first-order valence-corrected chi connectivity index (χ1v) is 5.77. The minimum atomic E-state index is -4.22. The average molecular weight is 262 g/mol. The van der Waals surface area contributed by atoms with Crippen LogP contribution in [0.1, 0.15) is 12.8 Å². The van der Waals surface area contributed by atoms with E-state index in [-0.39, 0.29) is 13.0 Å². The van der Waals surface area contributed by atoms with Crippen LogP contribution in [-0.2, 0) is 7.05 Å². The van der Waals surface area contributed by atoms with Gasteiger partial charge in [0.05, 0.1) is 13.0 Å². The molecule has 0 aromatic carbocycles. The second kappa shape index (κ2) is 4.62. The minimum absolute atomic E-state index is 0.104. The first kappa shape index (κ1) is 12.9. The molecule has 1 aromatic heterocycles. The number of aromatic nitrogens is 2. The lowest BCUT2D eigenvalue weighted by molar-refractivity contribution is -0.670. The van der Waals surface area contributed by atoms with E-state index in [1.54, 1.807) is 30.3 Å². The molecule has 1 amide bonds. The molecule has 1 unspecified atom stereocenters. The van der Waals surface area contributed by atoms with Crippen LogP contribution in [0.2, 0.25) is 0 Å². The van der Waals surface area contributed by atoms with Crippen molar-refractivity contribution in [1.29, 1.82) is 0 Å². The number of rotatable bonds is 0. The quantitative estimate of drug-likeness (QED) is 0.652. The van der Waals surface area contributed by atoms with Crippen LogP contribution in [0.15, 0.2) is 18.7 Å². The van der Waals surface area contributed by atoms with Gasteiger partial charge in [-0.05, 0) is 12.8 Å². The van der Waals surface area contributed by atoms with Gasteiger partial charge in [-0.2, -0.15) is 17.7 Å². The number of halogens is 3. The third-order valence-corrected chi connectivity index (χ3v) is 3.14. The highest BCUT2D eigenvalue weighted by atomic mass is 19.4. The van der Waals surface area contributed by atoms with Crippen molar-refractivity contribution in [3.8, 4) is 0 Å². The van der Waals surface area contributed by atoms with Gasteiger partial charge in [-0.25, -0.2) is 9.36 Å². The Bertz CT molecular complexity index is 441. The fraction of sp³-hybridized carbons (Fsp3) is 0.636. The highest BCUT2D eigenvalue weighted by Crippen LogP contribution is 2.33. The molecule has 1 aliphatic rings. The molecular weight excluding hydrogens is 247 g/mol. The zero-order chi connectivity index (χ0) is 13.3. The standard InChI is InChI=1S/C11H15F3N3O/c1-15-5-6-17(8-15)10(18)16-4-2-3-9(7-16)11(12,13)14/h5-6,8-9H,2-4,7H2,1H3/q+1. The van der Waals surface area contributed by atoms with Crippen LogP contribution in [0.25, 0.3) is 0 Å². The Kier molecular flexibility index (Phi) is 3.32. The molecule has 100 valence electrons. The Morgan fingerprint density at radius 3 is 2.72 bits per heavy atom. The molecule has 7 heteroatoms. The zero-order valence-electron chi connectivity index (χ0n) is 10.0. The number of nitrogens with zero attached hydrogens (tertiary/aromatic N) is 3. The van der Waals surface area contributed by atoms with E-state index in [4.69, 9.17) is 0 Å². The number of likely N-dealkylation sites (tertiary alicyclic amines) is 1. The van der Waals surface area contributed by atoms with Crippen LogP contribution in [0, 0.1) is 5.92 Å². The molecule has 1 atom stereocenters. The normalized spacial score (nSPS) is 21.1. The number of piperidine rings is 1. The summed E-state index contributed by atoms with van der Waals surface area (Å²) in [5, 5.41) is 0. The van der Waals surface area contributed by atoms with Crippen molar-refractivity contribution in [3.05, 3.63) is 18.7 Å². The van der Waals surface area contributed by atoms with Gasteiger partial charge in [-0.1, -0.05) is 0 Å². The Morgan fingerprint density at radius 1 is 1.44 bits per heavy atom. The molecule has 4 nitrogen and oxygen atoms in total. The number of alkyl halides is 3. The van der Waals surface area contributed by atoms with Crippen LogP contribution < -0.4 is 4.57 Å². The van der Waals surface area contributed by atoms with Gasteiger partial charge in [0, 0.05) is 13.1 Å². The first-order valence-electron chi connectivity index (χ1n) is 5.77. The second-order valence-electron chi connectivity index (χ2n) is 4.60. The van der Waals surface area contributed by atoms with Crippen LogP contribution >= 0.6 is 0 Å². The lowest BCUT2D eigenvalue weighted by Gasteiger charge is -2.32. The van der Waals surface area contributed by atoms with Crippen LogP contribution in [0.3, 0.4) is 0 Å². The summed E-state index contributed by atoms with van der Waals surface area (Å²) in [4.78, 5) is 13.3. The number of imidazole rings is 1. The van der Waals surface area contributed by atoms with Crippen molar-refractivity contribution < 1.29 is 22.5 Å². The fourth-order valence-electron chi connectivity index (χ4n) is 2.14. The zero-order valence-corrected chi connectivity index (χ0v) is 10.0. The summed E-state index contributed by atoms with van der Waals surface area (Å²) < 4.78 is 40.9. The van der Waals surface area contributed by atoms with Crippen molar-refractivity contribution >= 4 is 6.03 Å². The molecule has 1 fully saturated rings. The van der Waals surface area contributed by atoms with E-state index in [0.29, 0.717) is 13.0 Å². The van der Waals surface area contributed by atoms with Crippen LogP contribution in [0.4, 0.5) is 18.0 Å². The minimum Gasteiger partial charge on any atom is -0.304 e. The Balaban J connectivity index is 2.07. The fourth-order valence-corrected chi connectivity index (χ4v) is 2.14. The van der Waals surface area contributed by atoms with E-state index in [9.17, 15) is 18.0 Å². The number of aryl methyl sites for hydroxylation is 1. The molecule has 0 saturated carbocycles. The predicted molar refractivity (Wildman–Crippen MR) is 56.8 cm³/mol. The Labute approximate surface area is 103 Å². The molecule has 0 radical (unpaired) electrons. The van der Waals surface area contributed by atoms with Gasteiger partial charge in [0.2, 0.25) is 0 Å². The monoisotopic (exact) mass is 262 g/mol. The summed E-state index contributed by atoms with van der Waals surface area (Å²) in [6.45, 7) is 0.136. The van der Waals surface area contributed by atoms with Gasteiger partial charge in [0.25, 0.3) is 6.33 Å². The Morgan fingerprint density at radius 2 is 2.17 bits per heavy atom. The SMILES string of the molecule is C[n+]1ccn(C(=O)N2CCCC(C(F)(F)F)C2)c1. The number of hydrogen-bond acceptors (Lipinski definition) is 1. The van der Waals surface area contributed by atoms with Gasteiger partial charge in [-0.15, -0.1) is 0 Å². The summed E-state index contributed by atoms with van der Waals surface area (Å²) in [6, 6.07) is -0.399. The maximum Gasteiger partial charge on any atom is 0.415 e. The average Bonchev–Trinajstić information content (AvgIpc) is 2.74. The summed E-state index contributed by atoms with van der Waals surface area (Å²) in [7, 11) is 1.75. The molecule has 0 aliphatic carbocycles. The summed E-state index contributed by atoms with van der Waals surface area (Å²) in [5.41, 5.74) is 0. The van der Waals surface area contributed by atoms with Gasteiger partial charge in [-0.3, -0.25) is 0 Å². The molecule has 2 heterocycles. The molecule has 1 saturated heterocycles. The van der Waals surface area contributed by atoms with Crippen LogP contribution in [0.5, 0.6) is 0 Å². The maximum atomic E-state index is 12.6. The van der Waals surface area contributed by atoms with Crippen molar-refractivity contribution in [2.24, 2.45) is 13.0 Å². The third kappa shape index (κ3) is 2.65. The van der Waals surface area contributed by atoms with Gasteiger partial charge < -0.3 is 4.90 Å². The molecular formula is C11H15F3N3O+. The van der Waals surface area contributed by atoms with E-state index in [1.165, 1.54) is 9.47 Å². The van der Waals surface area contributed by atoms with Crippen molar-refractivity contribution in [1.82, 2.24) is 9.47 Å². The Hall–Kier alpha value is -1.53. The molecule has 1 aromatic rings. The molecule has 0 bridgehead atoms. The molecule has 0 N–H and O–H groups in total. The molecule has 18 heavy (non-hydrogen) atoms. The number of hydrogen-bond donors (Lipinski definition) is 0. The highest BCUT2D eigenvalue weighted by molar-refractivity contribution is 5.76. The van der Waals surface area contributed by atoms with Gasteiger partial charge in [0.15, 0.2) is 0 Å². The summed E-state index contributed by atoms with van der Waals surface area (Å²) >= 11 is 0. The second-order valence-corrected chi connectivity index (χ2v) is 4.60. The number of carbonyl (C=O) groups is 1. The van der Waals surface area contributed by atoms with Gasteiger partial charge in [0.1, 0.15) is 12.4 Å². The van der Waals surface area contributed by atoms with Crippen molar-refractivity contribution in [2.45, 2.75) is 19.0 Å². The van der Waals surface area contributed by atoms with E-state index in [2.05, 4.69) is 0 Å². The lowest BCUT2D eigenvalue weighted by Crippen LogP contribution is -2.46. The largest absolute Gasteiger partial charge is 0.415 e. The van der Waals surface area contributed by atoms with E-state index >= 15 is 0 Å². The van der Waals surface area contributed by atoms with E-state index < -0.39 is 18.1 Å².